The van der Waals surface area contributed by atoms with E-state index in [1.54, 1.807) is 0 Å². The molecule has 0 radical (unpaired) electrons. The van der Waals surface area contributed by atoms with Crippen molar-refractivity contribution in [3.63, 3.8) is 0 Å². The van der Waals surface area contributed by atoms with Crippen molar-refractivity contribution in [2.75, 3.05) is 39.3 Å². The summed E-state index contributed by atoms with van der Waals surface area (Å²) in [5, 5.41) is 6.69. The largest absolute Gasteiger partial charge is 0.357 e. The van der Waals surface area contributed by atoms with Gasteiger partial charge in [0.1, 0.15) is 0 Å². The Hall–Kier alpha value is -1.79. The Balaban J connectivity index is 1.74. The van der Waals surface area contributed by atoms with Crippen LogP contribution < -0.4 is 10.6 Å². The van der Waals surface area contributed by atoms with Gasteiger partial charge in [-0.3, -0.25) is 14.6 Å². The second-order valence-electron chi connectivity index (χ2n) is 6.42. The number of rotatable bonds is 7. The summed E-state index contributed by atoms with van der Waals surface area (Å²) in [6.45, 7) is 8.71. The highest BCUT2D eigenvalue weighted by atomic mass is 16.2. The third-order valence-corrected chi connectivity index (χ3v) is 4.56. The van der Waals surface area contributed by atoms with Crippen molar-refractivity contribution in [1.29, 1.82) is 0 Å². The van der Waals surface area contributed by atoms with Crippen molar-refractivity contribution >= 4 is 17.8 Å². The van der Waals surface area contributed by atoms with Crippen molar-refractivity contribution in [3.8, 4) is 0 Å². The molecular weight excluding hydrogens is 306 g/mol. The Morgan fingerprint density at radius 3 is 2.83 bits per heavy atom. The first kappa shape index (κ1) is 18.5. The molecule has 1 atom stereocenters. The Kier molecular flexibility index (Phi) is 7.34. The molecule has 2 N–H and O–H groups in total. The third kappa shape index (κ3) is 5.39. The summed E-state index contributed by atoms with van der Waals surface area (Å²) in [5.41, 5.74) is 0. The number of nitrogens with zero attached hydrogens (tertiary/aromatic N) is 3. The van der Waals surface area contributed by atoms with Crippen LogP contribution in [-0.2, 0) is 9.59 Å². The molecule has 24 heavy (non-hydrogen) atoms. The fraction of sp³-hybridized carbons (Fsp3) is 0.824. The van der Waals surface area contributed by atoms with Gasteiger partial charge >= 0.3 is 0 Å². The van der Waals surface area contributed by atoms with E-state index < -0.39 is 0 Å². The number of hydrogen-bond acceptors (Lipinski definition) is 3. The molecule has 2 heterocycles. The van der Waals surface area contributed by atoms with Gasteiger partial charge in [0.2, 0.25) is 11.8 Å². The third-order valence-electron chi connectivity index (χ3n) is 4.56. The standard InChI is InChI=1S/C17H31N5O2/c1-3-15(23)22-12-8-14(13-22)20-17(18-4-2)19-9-6-11-21-10-5-7-16(21)24/h14H,3-13H2,1-2H3,(H2,18,19,20). The lowest BCUT2D eigenvalue weighted by Gasteiger charge is -2.19. The van der Waals surface area contributed by atoms with Gasteiger partial charge in [-0.2, -0.15) is 0 Å². The van der Waals surface area contributed by atoms with E-state index >= 15 is 0 Å². The zero-order valence-corrected chi connectivity index (χ0v) is 15.0. The minimum Gasteiger partial charge on any atom is -0.357 e. The van der Waals surface area contributed by atoms with Crippen LogP contribution in [0.1, 0.15) is 46.0 Å². The normalized spacial score (nSPS) is 21.5. The lowest BCUT2D eigenvalue weighted by molar-refractivity contribution is -0.130. The van der Waals surface area contributed by atoms with E-state index in [0.717, 1.165) is 57.9 Å². The van der Waals surface area contributed by atoms with Gasteiger partial charge in [-0.25, -0.2) is 0 Å². The predicted molar refractivity (Wildman–Crippen MR) is 94.8 cm³/mol. The number of aliphatic imine (C=N–C) groups is 1. The van der Waals surface area contributed by atoms with Crippen molar-refractivity contribution < 1.29 is 9.59 Å². The van der Waals surface area contributed by atoms with Crippen molar-refractivity contribution in [2.24, 2.45) is 4.99 Å². The van der Waals surface area contributed by atoms with Crippen molar-refractivity contribution in [3.05, 3.63) is 0 Å². The summed E-state index contributed by atoms with van der Waals surface area (Å²) < 4.78 is 0. The molecular formula is C17H31N5O2. The Morgan fingerprint density at radius 2 is 2.17 bits per heavy atom. The predicted octanol–water partition coefficient (Wildman–Crippen LogP) is 0.565. The van der Waals surface area contributed by atoms with E-state index in [0.29, 0.717) is 19.4 Å². The van der Waals surface area contributed by atoms with Gasteiger partial charge in [-0.15, -0.1) is 0 Å². The van der Waals surface area contributed by atoms with Gasteiger partial charge in [0.15, 0.2) is 5.96 Å². The van der Waals surface area contributed by atoms with E-state index in [1.807, 2.05) is 23.6 Å². The van der Waals surface area contributed by atoms with Crippen LogP contribution in [0.4, 0.5) is 0 Å². The quantitative estimate of drug-likeness (QED) is 0.404. The Morgan fingerprint density at radius 1 is 1.33 bits per heavy atom. The average molecular weight is 337 g/mol. The maximum Gasteiger partial charge on any atom is 0.222 e. The van der Waals surface area contributed by atoms with Crippen LogP contribution in [0, 0.1) is 0 Å². The summed E-state index contributed by atoms with van der Waals surface area (Å²) in [7, 11) is 0. The molecule has 2 fully saturated rings. The van der Waals surface area contributed by atoms with Crippen LogP contribution in [0.2, 0.25) is 0 Å². The second kappa shape index (κ2) is 9.49. The number of carbonyl (C=O) groups is 2. The Labute approximate surface area is 144 Å². The summed E-state index contributed by atoms with van der Waals surface area (Å²) in [6.07, 6.45) is 4.09. The van der Waals surface area contributed by atoms with Crippen LogP contribution in [0.15, 0.2) is 4.99 Å². The first-order valence-corrected chi connectivity index (χ1v) is 9.24. The molecule has 136 valence electrons. The SMILES string of the molecule is CCNC(=NCCCN1CCCC1=O)NC1CCN(C(=O)CC)C1. The topological polar surface area (TPSA) is 77.0 Å². The molecule has 7 heteroatoms. The monoisotopic (exact) mass is 337 g/mol. The molecule has 1 unspecified atom stereocenters. The number of guanidine groups is 1. The molecule has 2 aliphatic rings. The van der Waals surface area contributed by atoms with E-state index in [9.17, 15) is 9.59 Å². The fourth-order valence-electron chi connectivity index (χ4n) is 3.23. The molecule has 0 spiro atoms. The summed E-state index contributed by atoms with van der Waals surface area (Å²) in [5.74, 6) is 1.30. The fourth-order valence-corrected chi connectivity index (χ4v) is 3.23. The van der Waals surface area contributed by atoms with Gasteiger partial charge < -0.3 is 20.4 Å². The summed E-state index contributed by atoms with van der Waals surface area (Å²) >= 11 is 0. The molecule has 7 nitrogen and oxygen atoms in total. The number of amides is 2. The van der Waals surface area contributed by atoms with E-state index in [2.05, 4.69) is 15.6 Å². The van der Waals surface area contributed by atoms with Gasteiger partial charge in [0.25, 0.3) is 0 Å². The highest BCUT2D eigenvalue weighted by molar-refractivity contribution is 5.80. The average Bonchev–Trinajstić information content (AvgIpc) is 3.20. The number of nitrogens with one attached hydrogen (secondary N) is 2. The molecule has 2 saturated heterocycles. The van der Waals surface area contributed by atoms with Crippen LogP contribution in [0.5, 0.6) is 0 Å². The smallest absolute Gasteiger partial charge is 0.222 e. The minimum absolute atomic E-state index is 0.219. The molecule has 0 saturated carbocycles. The van der Waals surface area contributed by atoms with Gasteiger partial charge in [0, 0.05) is 58.2 Å². The highest BCUT2D eigenvalue weighted by Gasteiger charge is 2.25. The van der Waals surface area contributed by atoms with E-state index in [-0.39, 0.29) is 17.9 Å². The number of hydrogen-bond donors (Lipinski definition) is 2. The number of carbonyl (C=O) groups excluding carboxylic acids is 2. The lowest BCUT2D eigenvalue weighted by atomic mass is 10.3. The molecule has 0 bridgehead atoms. The minimum atomic E-state index is 0.219. The molecule has 0 aliphatic carbocycles. The molecule has 2 rings (SSSR count). The zero-order chi connectivity index (χ0) is 17.4. The summed E-state index contributed by atoms with van der Waals surface area (Å²) in [4.78, 5) is 31.8. The highest BCUT2D eigenvalue weighted by Crippen LogP contribution is 2.11. The van der Waals surface area contributed by atoms with Crippen LogP contribution in [0.25, 0.3) is 0 Å². The van der Waals surface area contributed by atoms with E-state index in [4.69, 9.17) is 0 Å². The summed E-state index contributed by atoms with van der Waals surface area (Å²) in [6, 6.07) is 0.262. The maximum atomic E-state index is 11.8. The van der Waals surface area contributed by atoms with Gasteiger partial charge in [0.05, 0.1) is 0 Å². The lowest BCUT2D eigenvalue weighted by Crippen LogP contribution is -2.45. The molecule has 0 aromatic carbocycles. The van der Waals surface area contributed by atoms with Crippen molar-refractivity contribution in [1.82, 2.24) is 20.4 Å². The van der Waals surface area contributed by atoms with Crippen LogP contribution in [0.3, 0.4) is 0 Å². The first-order chi connectivity index (χ1) is 11.6. The van der Waals surface area contributed by atoms with Gasteiger partial charge in [-0.05, 0) is 26.2 Å². The van der Waals surface area contributed by atoms with Gasteiger partial charge in [-0.1, -0.05) is 6.92 Å². The molecule has 2 amide bonds. The Bertz CT molecular complexity index is 466. The molecule has 2 aliphatic heterocycles. The zero-order valence-electron chi connectivity index (χ0n) is 15.0. The van der Waals surface area contributed by atoms with Crippen LogP contribution >= 0.6 is 0 Å². The van der Waals surface area contributed by atoms with Crippen molar-refractivity contribution in [2.45, 2.75) is 52.0 Å². The molecule has 0 aromatic rings. The molecule has 0 aromatic heterocycles. The van der Waals surface area contributed by atoms with E-state index in [1.165, 1.54) is 0 Å². The number of likely N-dealkylation sites (tertiary alicyclic amines) is 2. The first-order valence-electron chi connectivity index (χ1n) is 9.24. The second-order valence-corrected chi connectivity index (χ2v) is 6.42. The maximum absolute atomic E-state index is 11.8. The van der Waals surface area contributed by atoms with Crippen LogP contribution in [-0.4, -0.2) is 72.9 Å².